The Labute approximate surface area is 240 Å². The number of hydrogen-bond donors (Lipinski definition) is 0. The molecule has 0 heterocycles. The molecule has 39 heavy (non-hydrogen) atoms. The van der Waals surface area contributed by atoms with E-state index in [2.05, 4.69) is 62.4 Å². The van der Waals surface area contributed by atoms with Crippen molar-refractivity contribution in [2.45, 2.75) is 142 Å². The van der Waals surface area contributed by atoms with Crippen molar-refractivity contribution in [2.75, 3.05) is 6.61 Å². The highest BCUT2D eigenvalue weighted by Crippen LogP contribution is 2.26. The summed E-state index contributed by atoms with van der Waals surface area (Å²) in [5.41, 5.74) is 3.34. The van der Waals surface area contributed by atoms with Gasteiger partial charge in [-0.25, -0.2) is 0 Å². The molecular weight excluding hydrogens is 480 g/mol. The molecule has 3 nitrogen and oxygen atoms in total. The van der Waals surface area contributed by atoms with Gasteiger partial charge in [0.1, 0.15) is 11.9 Å². The van der Waals surface area contributed by atoms with Gasteiger partial charge in [0.05, 0.1) is 6.61 Å². The van der Waals surface area contributed by atoms with Crippen LogP contribution in [0.3, 0.4) is 0 Å². The molecular formula is C36H56O3. The van der Waals surface area contributed by atoms with Gasteiger partial charge < -0.3 is 9.47 Å². The summed E-state index contributed by atoms with van der Waals surface area (Å²) in [5.74, 6) is 0.843. The van der Waals surface area contributed by atoms with Gasteiger partial charge in [-0.2, -0.15) is 0 Å². The van der Waals surface area contributed by atoms with Crippen molar-refractivity contribution in [3.63, 3.8) is 0 Å². The lowest BCUT2D eigenvalue weighted by atomic mass is 10.0. The average Bonchev–Trinajstić information content (AvgIpc) is 2.96. The van der Waals surface area contributed by atoms with Crippen molar-refractivity contribution in [1.29, 1.82) is 0 Å². The first kappa shape index (κ1) is 32.9. The van der Waals surface area contributed by atoms with Crippen molar-refractivity contribution >= 4 is 5.97 Å². The van der Waals surface area contributed by atoms with Gasteiger partial charge in [-0.1, -0.05) is 147 Å². The second-order valence-corrected chi connectivity index (χ2v) is 11.2. The van der Waals surface area contributed by atoms with E-state index in [0.29, 0.717) is 6.42 Å². The van der Waals surface area contributed by atoms with Crippen LogP contribution in [0.15, 0.2) is 48.5 Å². The normalized spacial score (nSPS) is 11.9. The molecule has 0 aromatic heterocycles. The first-order chi connectivity index (χ1) is 19.1. The summed E-state index contributed by atoms with van der Waals surface area (Å²) in [6, 6.07) is 16.7. The predicted molar refractivity (Wildman–Crippen MR) is 166 cm³/mol. The van der Waals surface area contributed by atoms with Crippen molar-refractivity contribution in [2.24, 2.45) is 0 Å². The molecule has 0 aliphatic heterocycles. The second-order valence-electron chi connectivity index (χ2n) is 11.2. The number of carbonyl (C=O) groups excluding carboxylic acids is 1. The quantitative estimate of drug-likeness (QED) is 0.105. The molecule has 2 aromatic rings. The van der Waals surface area contributed by atoms with E-state index in [-0.39, 0.29) is 12.1 Å². The van der Waals surface area contributed by atoms with Crippen LogP contribution in [0, 0.1) is 0 Å². The highest BCUT2D eigenvalue weighted by atomic mass is 16.5. The number of benzene rings is 2. The zero-order valence-electron chi connectivity index (χ0n) is 25.4. The molecule has 218 valence electrons. The van der Waals surface area contributed by atoms with Gasteiger partial charge in [-0.05, 0) is 48.6 Å². The first-order valence-electron chi connectivity index (χ1n) is 16.2. The number of esters is 1. The molecule has 0 bridgehead atoms. The van der Waals surface area contributed by atoms with Crippen LogP contribution in [0.5, 0.6) is 5.75 Å². The van der Waals surface area contributed by atoms with Crippen LogP contribution in [-0.2, 0) is 9.53 Å². The second kappa shape index (κ2) is 21.5. The smallest absolute Gasteiger partial charge is 0.306 e. The molecule has 1 unspecified atom stereocenters. The Morgan fingerprint density at radius 2 is 1.03 bits per heavy atom. The van der Waals surface area contributed by atoms with E-state index in [0.717, 1.165) is 48.3 Å². The fourth-order valence-corrected chi connectivity index (χ4v) is 5.02. The number of rotatable bonds is 23. The molecule has 0 saturated carbocycles. The van der Waals surface area contributed by atoms with E-state index in [9.17, 15) is 4.79 Å². The van der Waals surface area contributed by atoms with Crippen molar-refractivity contribution < 1.29 is 14.3 Å². The minimum absolute atomic E-state index is 0.0952. The van der Waals surface area contributed by atoms with Crippen LogP contribution < -0.4 is 4.74 Å². The van der Waals surface area contributed by atoms with Crippen LogP contribution in [0.25, 0.3) is 11.1 Å². The van der Waals surface area contributed by atoms with E-state index in [4.69, 9.17) is 9.47 Å². The molecule has 0 fully saturated rings. The molecule has 3 heteroatoms. The lowest BCUT2D eigenvalue weighted by Gasteiger charge is -2.14. The Hall–Kier alpha value is -2.29. The Morgan fingerprint density at radius 3 is 1.54 bits per heavy atom. The SMILES string of the molecule is CCCCCCCCCCCCCCOc1ccc(-c2ccc(C(C)OC(=O)CCCCCCC)cc2)cc1. The maximum atomic E-state index is 12.2. The van der Waals surface area contributed by atoms with Crippen LogP contribution in [0.1, 0.15) is 148 Å². The van der Waals surface area contributed by atoms with Gasteiger partial charge in [-0.3, -0.25) is 4.79 Å². The largest absolute Gasteiger partial charge is 0.494 e. The lowest BCUT2D eigenvalue weighted by molar-refractivity contribution is -0.148. The van der Waals surface area contributed by atoms with Crippen LogP contribution >= 0.6 is 0 Å². The molecule has 0 amide bonds. The van der Waals surface area contributed by atoms with Crippen molar-refractivity contribution in [3.05, 3.63) is 54.1 Å². The van der Waals surface area contributed by atoms with Gasteiger partial charge in [0.15, 0.2) is 0 Å². The maximum absolute atomic E-state index is 12.2. The molecule has 0 N–H and O–H groups in total. The summed E-state index contributed by atoms with van der Waals surface area (Å²) < 4.78 is 11.6. The van der Waals surface area contributed by atoms with Crippen molar-refractivity contribution in [3.8, 4) is 16.9 Å². The van der Waals surface area contributed by atoms with Gasteiger partial charge in [0, 0.05) is 6.42 Å². The van der Waals surface area contributed by atoms with Gasteiger partial charge >= 0.3 is 5.97 Å². The Bertz CT molecular complexity index is 856. The molecule has 0 saturated heterocycles. The first-order valence-corrected chi connectivity index (χ1v) is 16.2. The zero-order valence-corrected chi connectivity index (χ0v) is 25.4. The maximum Gasteiger partial charge on any atom is 0.306 e. The average molecular weight is 537 g/mol. The van der Waals surface area contributed by atoms with E-state index in [1.54, 1.807) is 0 Å². The number of ether oxygens (including phenoxy) is 2. The topological polar surface area (TPSA) is 35.5 Å². The van der Waals surface area contributed by atoms with Gasteiger partial charge in [0.2, 0.25) is 0 Å². The number of hydrogen-bond acceptors (Lipinski definition) is 3. The van der Waals surface area contributed by atoms with Gasteiger partial charge in [-0.15, -0.1) is 0 Å². The third kappa shape index (κ3) is 15.2. The Kier molecular flexibility index (Phi) is 18.2. The fourth-order valence-electron chi connectivity index (χ4n) is 5.02. The Balaban J connectivity index is 1.59. The van der Waals surface area contributed by atoms with E-state index < -0.39 is 0 Å². The van der Waals surface area contributed by atoms with Crippen LogP contribution in [0.4, 0.5) is 0 Å². The van der Waals surface area contributed by atoms with E-state index in [1.807, 2.05) is 6.92 Å². The summed E-state index contributed by atoms with van der Waals surface area (Å²) in [6.07, 6.45) is 22.3. The zero-order chi connectivity index (χ0) is 28.0. The fraction of sp³-hybridized carbons (Fsp3) is 0.639. The van der Waals surface area contributed by atoms with Crippen LogP contribution in [0.2, 0.25) is 0 Å². The predicted octanol–water partition coefficient (Wildman–Crippen LogP) is 11.4. The molecule has 0 radical (unpaired) electrons. The highest BCUT2D eigenvalue weighted by Gasteiger charge is 2.12. The highest BCUT2D eigenvalue weighted by molar-refractivity contribution is 5.70. The van der Waals surface area contributed by atoms with E-state index in [1.165, 1.54) is 89.9 Å². The molecule has 2 aromatic carbocycles. The summed E-state index contributed by atoms with van der Waals surface area (Å²) >= 11 is 0. The van der Waals surface area contributed by atoms with Crippen LogP contribution in [-0.4, -0.2) is 12.6 Å². The summed E-state index contributed by atoms with van der Waals surface area (Å²) in [5, 5.41) is 0. The molecule has 0 aliphatic carbocycles. The minimum atomic E-state index is -0.224. The number of unbranched alkanes of at least 4 members (excludes halogenated alkanes) is 15. The molecule has 0 aliphatic rings. The standard InChI is InChI=1S/C36H56O3/c1-4-6-8-10-11-12-13-14-15-16-18-20-30-38-35-28-26-34(27-29-35)33-24-22-32(23-25-33)31(3)39-36(37)21-19-17-9-7-5-2/h22-29,31H,4-21,30H2,1-3H3. The summed E-state index contributed by atoms with van der Waals surface area (Å²) in [4.78, 5) is 12.2. The number of carbonyl (C=O) groups is 1. The Morgan fingerprint density at radius 1 is 0.590 bits per heavy atom. The van der Waals surface area contributed by atoms with E-state index >= 15 is 0 Å². The van der Waals surface area contributed by atoms with Crippen molar-refractivity contribution in [1.82, 2.24) is 0 Å². The molecule has 0 spiro atoms. The summed E-state index contributed by atoms with van der Waals surface area (Å²) in [6.45, 7) is 7.22. The third-order valence-corrected chi connectivity index (χ3v) is 7.63. The lowest BCUT2D eigenvalue weighted by Crippen LogP contribution is -2.08. The molecule has 1 atom stereocenters. The monoisotopic (exact) mass is 536 g/mol. The van der Waals surface area contributed by atoms with Gasteiger partial charge in [0.25, 0.3) is 0 Å². The third-order valence-electron chi connectivity index (χ3n) is 7.63. The molecule has 2 rings (SSSR count). The summed E-state index contributed by atoms with van der Waals surface area (Å²) in [7, 11) is 0. The minimum Gasteiger partial charge on any atom is -0.494 e.